The lowest BCUT2D eigenvalue weighted by Crippen LogP contribution is -2.26. The largest absolute Gasteiger partial charge is 0.397 e. The zero-order chi connectivity index (χ0) is 11.9. The number of rotatable bonds is 1. The maximum atomic E-state index is 11.7. The van der Waals surface area contributed by atoms with Gasteiger partial charge >= 0.3 is 0 Å². The number of carbonyl (C=O) groups is 1. The Bertz CT molecular complexity index is 443. The summed E-state index contributed by atoms with van der Waals surface area (Å²) in [6, 6.07) is 3.87. The molecule has 0 spiro atoms. The molecule has 1 aliphatic rings. The average Bonchev–Trinajstić information content (AvgIpc) is 2.51. The maximum absolute atomic E-state index is 11.7. The van der Waals surface area contributed by atoms with Crippen LogP contribution >= 0.6 is 0 Å². The van der Waals surface area contributed by atoms with Crippen LogP contribution in [-0.2, 0) is 4.79 Å². The van der Waals surface area contributed by atoms with Crippen LogP contribution in [0.2, 0.25) is 0 Å². The first-order chi connectivity index (χ1) is 7.49. The monoisotopic (exact) mass is 220 g/mol. The zero-order valence-electron chi connectivity index (χ0n) is 9.53. The number of carbonyl (C=O) groups excluding carboxylic acids is 1. The summed E-state index contributed by atoms with van der Waals surface area (Å²) >= 11 is 0. The molecule has 1 aliphatic heterocycles. The molecule has 1 aromatic carbocycles. The van der Waals surface area contributed by atoms with E-state index in [0.717, 1.165) is 16.8 Å². The van der Waals surface area contributed by atoms with Gasteiger partial charge in [-0.1, -0.05) is 6.07 Å². The first-order valence-electron chi connectivity index (χ1n) is 5.34. The summed E-state index contributed by atoms with van der Waals surface area (Å²) in [5.41, 5.74) is 9.33. The molecule has 1 heterocycles. The lowest BCUT2D eigenvalue weighted by atomic mass is 10.1. The van der Waals surface area contributed by atoms with E-state index < -0.39 is 6.10 Å². The highest BCUT2D eigenvalue weighted by atomic mass is 16.3. The number of hydrogen-bond acceptors (Lipinski definition) is 3. The fourth-order valence-corrected chi connectivity index (χ4v) is 2.10. The maximum Gasteiger partial charge on any atom is 0.229 e. The van der Waals surface area contributed by atoms with Crippen molar-refractivity contribution in [2.45, 2.75) is 26.4 Å². The van der Waals surface area contributed by atoms with E-state index in [4.69, 9.17) is 5.73 Å². The quantitative estimate of drug-likeness (QED) is 0.693. The van der Waals surface area contributed by atoms with Crippen LogP contribution in [-0.4, -0.2) is 23.7 Å². The molecule has 1 unspecified atom stereocenters. The van der Waals surface area contributed by atoms with Crippen molar-refractivity contribution in [1.29, 1.82) is 0 Å². The van der Waals surface area contributed by atoms with E-state index in [2.05, 4.69) is 0 Å². The van der Waals surface area contributed by atoms with E-state index in [0.29, 0.717) is 12.2 Å². The number of amides is 1. The zero-order valence-corrected chi connectivity index (χ0v) is 9.53. The summed E-state index contributed by atoms with van der Waals surface area (Å²) in [5.74, 6) is -0.0656. The van der Waals surface area contributed by atoms with Gasteiger partial charge in [0.25, 0.3) is 0 Å². The first kappa shape index (κ1) is 11.0. The second kappa shape index (κ2) is 3.79. The smallest absolute Gasteiger partial charge is 0.229 e. The molecule has 0 radical (unpaired) electrons. The van der Waals surface area contributed by atoms with E-state index in [1.54, 1.807) is 4.90 Å². The predicted molar refractivity (Wildman–Crippen MR) is 63.3 cm³/mol. The molecule has 0 aromatic heterocycles. The second-order valence-corrected chi connectivity index (χ2v) is 4.38. The van der Waals surface area contributed by atoms with Crippen LogP contribution in [0.1, 0.15) is 17.5 Å². The first-order valence-corrected chi connectivity index (χ1v) is 5.34. The minimum absolute atomic E-state index is 0.0656. The molecule has 2 rings (SSSR count). The molecule has 3 N–H and O–H groups in total. The molecule has 1 saturated heterocycles. The van der Waals surface area contributed by atoms with Crippen LogP contribution in [0, 0.1) is 13.8 Å². The van der Waals surface area contributed by atoms with Crippen molar-refractivity contribution in [3.05, 3.63) is 23.3 Å². The van der Waals surface area contributed by atoms with Gasteiger partial charge in [0, 0.05) is 0 Å². The van der Waals surface area contributed by atoms with Crippen molar-refractivity contribution in [3.63, 3.8) is 0 Å². The molecule has 86 valence electrons. The number of β-amino-alcohol motifs (C(OH)–C–C–N with tert-alkyl or cyclic N) is 1. The standard InChI is InChI=1S/C12H16N2O2/c1-7-3-8(2)12(13)10(4-7)14-6-9(15)5-11(14)16/h3-4,9,15H,5-6,13H2,1-2H3. The molecular formula is C12H16N2O2. The fraction of sp³-hybridized carbons (Fsp3) is 0.417. The van der Waals surface area contributed by atoms with Crippen molar-refractivity contribution < 1.29 is 9.90 Å². The lowest BCUT2D eigenvalue weighted by molar-refractivity contribution is -0.117. The highest BCUT2D eigenvalue weighted by molar-refractivity contribution is 5.99. The number of nitrogens with two attached hydrogens (primary N) is 1. The van der Waals surface area contributed by atoms with Crippen molar-refractivity contribution in [1.82, 2.24) is 0 Å². The SMILES string of the molecule is Cc1cc(C)c(N)c(N2CC(O)CC2=O)c1. The third kappa shape index (κ3) is 1.76. The Labute approximate surface area is 94.7 Å². The highest BCUT2D eigenvalue weighted by Gasteiger charge is 2.30. The Balaban J connectivity index is 2.44. The minimum atomic E-state index is -0.576. The molecule has 4 nitrogen and oxygen atoms in total. The Hall–Kier alpha value is -1.55. The number of nitrogen functional groups attached to an aromatic ring is 1. The number of aryl methyl sites for hydroxylation is 2. The Morgan fingerprint density at radius 1 is 1.44 bits per heavy atom. The second-order valence-electron chi connectivity index (χ2n) is 4.38. The van der Waals surface area contributed by atoms with Crippen molar-refractivity contribution >= 4 is 17.3 Å². The van der Waals surface area contributed by atoms with Crippen LogP contribution < -0.4 is 10.6 Å². The average molecular weight is 220 g/mol. The molecule has 0 aliphatic carbocycles. The van der Waals surface area contributed by atoms with Crippen LogP contribution in [0.15, 0.2) is 12.1 Å². The lowest BCUT2D eigenvalue weighted by Gasteiger charge is -2.20. The number of hydrogen-bond donors (Lipinski definition) is 2. The summed E-state index contributed by atoms with van der Waals surface area (Å²) in [7, 11) is 0. The van der Waals surface area contributed by atoms with Gasteiger partial charge in [-0.15, -0.1) is 0 Å². The Morgan fingerprint density at radius 3 is 2.69 bits per heavy atom. The van der Waals surface area contributed by atoms with Gasteiger partial charge in [-0.05, 0) is 31.0 Å². The van der Waals surface area contributed by atoms with E-state index in [9.17, 15) is 9.90 Å². The van der Waals surface area contributed by atoms with Crippen molar-refractivity contribution in [2.24, 2.45) is 0 Å². The summed E-state index contributed by atoms with van der Waals surface area (Å²) in [4.78, 5) is 13.2. The number of aliphatic hydroxyl groups is 1. The fourth-order valence-electron chi connectivity index (χ4n) is 2.10. The van der Waals surface area contributed by atoms with Gasteiger partial charge in [0.2, 0.25) is 5.91 Å². The molecule has 16 heavy (non-hydrogen) atoms. The van der Waals surface area contributed by atoms with E-state index in [-0.39, 0.29) is 12.3 Å². The Kier molecular flexibility index (Phi) is 2.59. The molecule has 1 amide bonds. The third-order valence-electron chi connectivity index (χ3n) is 2.90. The predicted octanol–water partition coefficient (Wildman–Crippen LogP) is 0.983. The van der Waals surface area contributed by atoms with Crippen LogP contribution in [0.3, 0.4) is 0 Å². The van der Waals surface area contributed by atoms with Gasteiger partial charge in [0.1, 0.15) is 0 Å². The molecule has 1 atom stereocenters. The summed E-state index contributed by atoms with van der Waals surface area (Å²) in [5, 5.41) is 9.46. The number of benzene rings is 1. The van der Waals surface area contributed by atoms with E-state index in [1.807, 2.05) is 26.0 Å². The van der Waals surface area contributed by atoms with Crippen molar-refractivity contribution in [3.8, 4) is 0 Å². The molecule has 1 fully saturated rings. The van der Waals surface area contributed by atoms with Gasteiger partial charge in [0.15, 0.2) is 0 Å². The summed E-state index contributed by atoms with van der Waals surface area (Å²) in [6.45, 7) is 4.22. The Morgan fingerprint density at radius 2 is 2.12 bits per heavy atom. The summed E-state index contributed by atoms with van der Waals surface area (Å²) in [6.07, 6.45) is -0.389. The van der Waals surface area contributed by atoms with Crippen LogP contribution in [0.25, 0.3) is 0 Å². The topological polar surface area (TPSA) is 66.6 Å². The molecule has 0 bridgehead atoms. The van der Waals surface area contributed by atoms with Gasteiger partial charge in [0.05, 0.1) is 30.4 Å². The molecular weight excluding hydrogens is 204 g/mol. The van der Waals surface area contributed by atoms with Gasteiger partial charge in [-0.25, -0.2) is 0 Å². The number of anilines is 2. The molecule has 1 aromatic rings. The highest BCUT2D eigenvalue weighted by Crippen LogP contribution is 2.31. The summed E-state index contributed by atoms with van der Waals surface area (Å²) < 4.78 is 0. The third-order valence-corrected chi connectivity index (χ3v) is 2.90. The van der Waals surface area contributed by atoms with Crippen LogP contribution in [0.4, 0.5) is 11.4 Å². The molecule has 4 heteroatoms. The number of aliphatic hydroxyl groups excluding tert-OH is 1. The van der Waals surface area contributed by atoms with Gasteiger partial charge < -0.3 is 15.7 Å². The minimum Gasteiger partial charge on any atom is -0.397 e. The van der Waals surface area contributed by atoms with Gasteiger partial charge in [-0.3, -0.25) is 4.79 Å². The van der Waals surface area contributed by atoms with Crippen molar-refractivity contribution in [2.75, 3.05) is 17.2 Å². The van der Waals surface area contributed by atoms with Crippen LogP contribution in [0.5, 0.6) is 0 Å². The normalized spacial score (nSPS) is 20.6. The van der Waals surface area contributed by atoms with E-state index >= 15 is 0 Å². The number of nitrogens with zero attached hydrogens (tertiary/aromatic N) is 1. The van der Waals surface area contributed by atoms with E-state index in [1.165, 1.54) is 0 Å². The van der Waals surface area contributed by atoms with Gasteiger partial charge in [-0.2, -0.15) is 0 Å². The molecule has 0 saturated carbocycles.